The summed E-state index contributed by atoms with van der Waals surface area (Å²) < 4.78 is 6.81. The molecule has 0 unspecified atom stereocenters. The summed E-state index contributed by atoms with van der Waals surface area (Å²) in [4.78, 5) is 13.8. The lowest BCUT2D eigenvalue weighted by Gasteiger charge is -2.25. The third-order valence-corrected chi connectivity index (χ3v) is 2.63. The summed E-state index contributed by atoms with van der Waals surface area (Å²) >= 11 is 0. The lowest BCUT2D eigenvalue weighted by atomic mass is 10.3. The van der Waals surface area contributed by atoms with Crippen molar-refractivity contribution in [2.24, 2.45) is 0 Å². The summed E-state index contributed by atoms with van der Waals surface area (Å²) in [5, 5.41) is 4.16. The Labute approximate surface area is 94.0 Å². The van der Waals surface area contributed by atoms with Gasteiger partial charge >= 0.3 is 0 Å². The van der Waals surface area contributed by atoms with E-state index in [1.807, 2.05) is 6.92 Å². The Kier molecular flexibility index (Phi) is 3.09. The molecule has 1 aromatic rings. The van der Waals surface area contributed by atoms with Crippen molar-refractivity contribution in [2.75, 3.05) is 32.0 Å². The number of hydrogen-bond donors (Lipinski definition) is 1. The molecule has 0 spiro atoms. The molecule has 0 radical (unpaired) electrons. The summed E-state index contributed by atoms with van der Waals surface area (Å²) in [6.07, 6.45) is 0. The standard InChI is InChI=1S/C10H16N4O2/c1-2-14-9(11)7-8(12-14)10(15)13-3-5-16-6-4-13/h7H,2-6,11H2,1H3. The molecular formula is C10H16N4O2. The molecule has 1 aliphatic rings. The largest absolute Gasteiger partial charge is 0.384 e. The first-order valence-electron chi connectivity index (χ1n) is 5.42. The number of aryl methyl sites for hydroxylation is 1. The maximum atomic E-state index is 12.0. The molecule has 16 heavy (non-hydrogen) atoms. The van der Waals surface area contributed by atoms with E-state index in [-0.39, 0.29) is 5.91 Å². The fourth-order valence-corrected chi connectivity index (χ4v) is 1.72. The van der Waals surface area contributed by atoms with Gasteiger partial charge in [-0.25, -0.2) is 4.68 Å². The number of nitrogens with zero attached hydrogens (tertiary/aromatic N) is 3. The fourth-order valence-electron chi connectivity index (χ4n) is 1.72. The van der Waals surface area contributed by atoms with Crippen LogP contribution in [0.3, 0.4) is 0 Å². The van der Waals surface area contributed by atoms with Gasteiger partial charge in [0.25, 0.3) is 5.91 Å². The molecule has 0 aliphatic carbocycles. The summed E-state index contributed by atoms with van der Waals surface area (Å²) in [6, 6.07) is 1.63. The quantitative estimate of drug-likeness (QED) is 0.765. The van der Waals surface area contributed by atoms with Crippen molar-refractivity contribution in [1.82, 2.24) is 14.7 Å². The van der Waals surface area contributed by atoms with Gasteiger partial charge in [-0.15, -0.1) is 0 Å². The average Bonchev–Trinajstić information content (AvgIpc) is 2.71. The molecule has 1 aliphatic heterocycles. The zero-order valence-electron chi connectivity index (χ0n) is 9.35. The maximum absolute atomic E-state index is 12.0. The van der Waals surface area contributed by atoms with Gasteiger partial charge in [-0.05, 0) is 6.92 Å². The van der Waals surface area contributed by atoms with Gasteiger partial charge in [0.2, 0.25) is 0 Å². The van der Waals surface area contributed by atoms with E-state index in [0.29, 0.717) is 44.4 Å². The van der Waals surface area contributed by atoms with Crippen molar-refractivity contribution < 1.29 is 9.53 Å². The number of carbonyl (C=O) groups is 1. The van der Waals surface area contributed by atoms with Gasteiger partial charge in [-0.3, -0.25) is 4.79 Å². The molecular weight excluding hydrogens is 208 g/mol. The van der Waals surface area contributed by atoms with Gasteiger partial charge in [0.15, 0.2) is 5.69 Å². The zero-order valence-corrected chi connectivity index (χ0v) is 9.35. The van der Waals surface area contributed by atoms with Crippen molar-refractivity contribution in [2.45, 2.75) is 13.5 Å². The monoisotopic (exact) mass is 224 g/mol. The number of amides is 1. The first-order chi connectivity index (χ1) is 7.72. The molecule has 1 amide bonds. The number of nitrogen functional groups attached to an aromatic ring is 1. The van der Waals surface area contributed by atoms with Crippen LogP contribution in [0, 0.1) is 0 Å². The van der Waals surface area contributed by atoms with Crippen LogP contribution in [0.15, 0.2) is 6.07 Å². The molecule has 0 bridgehead atoms. The minimum Gasteiger partial charge on any atom is -0.384 e. The van der Waals surface area contributed by atoms with E-state index >= 15 is 0 Å². The van der Waals surface area contributed by atoms with Crippen LogP contribution in [0.25, 0.3) is 0 Å². The van der Waals surface area contributed by atoms with Gasteiger partial charge < -0.3 is 15.4 Å². The molecule has 2 N–H and O–H groups in total. The highest BCUT2D eigenvalue weighted by atomic mass is 16.5. The molecule has 2 heterocycles. The second kappa shape index (κ2) is 4.52. The van der Waals surface area contributed by atoms with E-state index in [9.17, 15) is 4.79 Å². The third-order valence-electron chi connectivity index (χ3n) is 2.63. The molecule has 1 saturated heterocycles. The summed E-state index contributed by atoms with van der Waals surface area (Å²) in [6.45, 7) is 5.04. The van der Waals surface area contributed by atoms with Gasteiger partial charge in [-0.2, -0.15) is 5.10 Å². The second-order valence-corrected chi connectivity index (χ2v) is 3.67. The molecule has 1 fully saturated rings. The average molecular weight is 224 g/mol. The van der Waals surface area contributed by atoms with Crippen molar-refractivity contribution in [3.8, 4) is 0 Å². The van der Waals surface area contributed by atoms with E-state index in [4.69, 9.17) is 10.5 Å². The summed E-state index contributed by atoms with van der Waals surface area (Å²) in [5.41, 5.74) is 6.14. The summed E-state index contributed by atoms with van der Waals surface area (Å²) in [5.74, 6) is 0.460. The Morgan fingerprint density at radius 2 is 2.25 bits per heavy atom. The minimum absolute atomic E-state index is 0.0674. The smallest absolute Gasteiger partial charge is 0.274 e. The number of morpholine rings is 1. The first-order valence-corrected chi connectivity index (χ1v) is 5.42. The summed E-state index contributed by atoms with van der Waals surface area (Å²) in [7, 11) is 0. The molecule has 0 saturated carbocycles. The number of carbonyl (C=O) groups excluding carboxylic acids is 1. The maximum Gasteiger partial charge on any atom is 0.274 e. The SMILES string of the molecule is CCn1nc(C(=O)N2CCOCC2)cc1N. The Hall–Kier alpha value is -1.56. The van der Waals surface area contributed by atoms with E-state index < -0.39 is 0 Å². The number of nitrogens with two attached hydrogens (primary N) is 1. The third kappa shape index (κ3) is 2.01. The van der Waals surface area contributed by atoms with E-state index in [0.717, 1.165) is 0 Å². The van der Waals surface area contributed by atoms with Gasteiger partial charge in [-0.1, -0.05) is 0 Å². The highest BCUT2D eigenvalue weighted by molar-refractivity contribution is 5.93. The second-order valence-electron chi connectivity index (χ2n) is 3.67. The van der Waals surface area contributed by atoms with Crippen LogP contribution in [-0.4, -0.2) is 46.9 Å². The van der Waals surface area contributed by atoms with Crippen molar-refractivity contribution >= 4 is 11.7 Å². The van der Waals surface area contributed by atoms with E-state index in [1.165, 1.54) is 0 Å². The molecule has 0 aromatic carbocycles. The van der Waals surface area contributed by atoms with E-state index in [2.05, 4.69) is 5.10 Å². The lowest BCUT2D eigenvalue weighted by molar-refractivity contribution is 0.0298. The molecule has 88 valence electrons. The van der Waals surface area contributed by atoms with E-state index in [1.54, 1.807) is 15.6 Å². The number of rotatable bonds is 2. The van der Waals surface area contributed by atoms with Crippen LogP contribution < -0.4 is 5.73 Å². The Bertz CT molecular complexity index is 382. The number of hydrogen-bond acceptors (Lipinski definition) is 4. The molecule has 1 aromatic heterocycles. The topological polar surface area (TPSA) is 73.4 Å². The minimum atomic E-state index is -0.0674. The van der Waals surface area contributed by atoms with Crippen LogP contribution in [0.5, 0.6) is 0 Å². The predicted molar refractivity (Wildman–Crippen MR) is 59.0 cm³/mol. The van der Waals surface area contributed by atoms with Crippen LogP contribution in [-0.2, 0) is 11.3 Å². The van der Waals surface area contributed by atoms with Crippen LogP contribution in [0.1, 0.15) is 17.4 Å². The zero-order chi connectivity index (χ0) is 11.5. The van der Waals surface area contributed by atoms with Gasteiger partial charge in [0.1, 0.15) is 5.82 Å². The molecule has 6 heteroatoms. The number of ether oxygens (including phenoxy) is 1. The van der Waals surface area contributed by atoms with Crippen molar-refractivity contribution in [1.29, 1.82) is 0 Å². The molecule has 6 nitrogen and oxygen atoms in total. The normalized spacial score (nSPS) is 16.4. The highest BCUT2D eigenvalue weighted by Gasteiger charge is 2.21. The first kappa shape index (κ1) is 10.9. The Balaban J connectivity index is 2.13. The van der Waals surface area contributed by atoms with Gasteiger partial charge in [0.05, 0.1) is 13.2 Å². The molecule has 2 rings (SSSR count). The van der Waals surface area contributed by atoms with Gasteiger partial charge in [0, 0.05) is 25.7 Å². The predicted octanol–water partition coefficient (Wildman–Crippen LogP) is -0.0424. The Morgan fingerprint density at radius 1 is 1.56 bits per heavy atom. The van der Waals surface area contributed by atoms with Crippen LogP contribution in [0.4, 0.5) is 5.82 Å². The number of anilines is 1. The van der Waals surface area contributed by atoms with Crippen LogP contribution in [0.2, 0.25) is 0 Å². The Morgan fingerprint density at radius 3 is 2.81 bits per heavy atom. The van der Waals surface area contributed by atoms with Crippen LogP contribution >= 0.6 is 0 Å². The highest BCUT2D eigenvalue weighted by Crippen LogP contribution is 2.10. The van der Waals surface area contributed by atoms with Crippen molar-refractivity contribution in [3.05, 3.63) is 11.8 Å². The number of aromatic nitrogens is 2. The lowest BCUT2D eigenvalue weighted by Crippen LogP contribution is -2.40. The van der Waals surface area contributed by atoms with Crippen molar-refractivity contribution in [3.63, 3.8) is 0 Å². The molecule has 0 atom stereocenters. The fraction of sp³-hybridized carbons (Fsp3) is 0.600.